The molecule has 0 aliphatic heterocycles. The molecule has 0 heterocycles. The second kappa shape index (κ2) is 6.00. The second-order valence-corrected chi connectivity index (χ2v) is 4.91. The van der Waals surface area contributed by atoms with Crippen molar-refractivity contribution in [3.8, 4) is 0 Å². The molecule has 1 aliphatic rings. The van der Waals surface area contributed by atoms with Gasteiger partial charge in [0.15, 0.2) is 0 Å². The molecule has 0 unspecified atom stereocenters. The Morgan fingerprint density at radius 3 is 2.35 bits per heavy atom. The van der Waals surface area contributed by atoms with E-state index in [0.29, 0.717) is 6.42 Å². The van der Waals surface area contributed by atoms with Gasteiger partial charge in [-0.25, -0.2) is 0 Å². The standard InChI is InChI=1S/C12H22N2O3/c1-13-12(6-4-3-5-7-12)8-10(15)14(2)9-11(16)17/h13H,3-9H2,1-2H3,(H,16,17). The zero-order valence-corrected chi connectivity index (χ0v) is 10.7. The van der Waals surface area contributed by atoms with E-state index < -0.39 is 5.97 Å². The number of nitrogens with zero attached hydrogens (tertiary/aromatic N) is 1. The smallest absolute Gasteiger partial charge is 0.323 e. The minimum absolute atomic E-state index is 0.0938. The molecule has 0 atom stereocenters. The van der Waals surface area contributed by atoms with Gasteiger partial charge in [-0.2, -0.15) is 0 Å². The predicted octanol–water partition coefficient (Wildman–Crippen LogP) is 0.842. The molecule has 0 aromatic carbocycles. The summed E-state index contributed by atoms with van der Waals surface area (Å²) in [6, 6.07) is 0. The molecular formula is C12H22N2O3. The molecule has 1 amide bonds. The fourth-order valence-corrected chi connectivity index (χ4v) is 2.46. The number of hydrogen-bond donors (Lipinski definition) is 2. The monoisotopic (exact) mass is 242 g/mol. The zero-order chi connectivity index (χ0) is 12.9. The van der Waals surface area contributed by atoms with Crippen molar-refractivity contribution >= 4 is 11.9 Å². The largest absolute Gasteiger partial charge is 0.480 e. The lowest BCUT2D eigenvalue weighted by molar-refractivity contribution is -0.144. The summed E-state index contributed by atoms with van der Waals surface area (Å²) in [5.74, 6) is -1.06. The molecule has 1 aliphatic carbocycles. The van der Waals surface area contributed by atoms with Crippen LogP contribution in [0.25, 0.3) is 0 Å². The van der Waals surface area contributed by atoms with Gasteiger partial charge in [0.05, 0.1) is 0 Å². The van der Waals surface area contributed by atoms with E-state index in [9.17, 15) is 9.59 Å². The summed E-state index contributed by atoms with van der Waals surface area (Å²) < 4.78 is 0. The highest BCUT2D eigenvalue weighted by Gasteiger charge is 2.33. The van der Waals surface area contributed by atoms with E-state index in [1.165, 1.54) is 11.3 Å². The van der Waals surface area contributed by atoms with E-state index in [-0.39, 0.29) is 18.0 Å². The van der Waals surface area contributed by atoms with Crippen LogP contribution in [0.1, 0.15) is 38.5 Å². The van der Waals surface area contributed by atoms with Gasteiger partial charge in [-0.3, -0.25) is 9.59 Å². The van der Waals surface area contributed by atoms with Crippen molar-refractivity contribution < 1.29 is 14.7 Å². The van der Waals surface area contributed by atoms with Crippen molar-refractivity contribution in [3.63, 3.8) is 0 Å². The Hall–Kier alpha value is -1.10. The average molecular weight is 242 g/mol. The highest BCUT2D eigenvalue weighted by atomic mass is 16.4. The number of nitrogens with one attached hydrogen (secondary N) is 1. The summed E-state index contributed by atoms with van der Waals surface area (Å²) in [5, 5.41) is 11.9. The van der Waals surface area contributed by atoms with Crippen molar-refractivity contribution in [3.05, 3.63) is 0 Å². The molecule has 5 nitrogen and oxygen atoms in total. The number of carbonyl (C=O) groups excluding carboxylic acids is 1. The summed E-state index contributed by atoms with van der Waals surface area (Å²) in [5.41, 5.74) is -0.123. The van der Waals surface area contributed by atoms with Crippen LogP contribution in [0.2, 0.25) is 0 Å². The van der Waals surface area contributed by atoms with Crippen LogP contribution in [0.3, 0.4) is 0 Å². The first-order chi connectivity index (χ1) is 7.99. The van der Waals surface area contributed by atoms with E-state index in [0.717, 1.165) is 25.7 Å². The second-order valence-electron chi connectivity index (χ2n) is 4.91. The van der Waals surface area contributed by atoms with Gasteiger partial charge in [-0.05, 0) is 19.9 Å². The topological polar surface area (TPSA) is 69.6 Å². The molecule has 0 aromatic heterocycles. The van der Waals surface area contributed by atoms with Gasteiger partial charge in [0.25, 0.3) is 0 Å². The quantitative estimate of drug-likeness (QED) is 0.749. The fraction of sp³-hybridized carbons (Fsp3) is 0.833. The predicted molar refractivity (Wildman–Crippen MR) is 64.8 cm³/mol. The molecular weight excluding hydrogens is 220 g/mol. The van der Waals surface area contributed by atoms with E-state index >= 15 is 0 Å². The molecule has 0 bridgehead atoms. The summed E-state index contributed by atoms with van der Waals surface area (Å²) in [6.07, 6.45) is 5.88. The molecule has 0 aromatic rings. The lowest BCUT2D eigenvalue weighted by Gasteiger charge is -2.37. The first kappa shape index (κ1) is 14.0. The summed E-state index contributed by atoms with van der Waals surface area (Å²) >= 11 is 0. The van der Waals surface area contributed by atoms with Crippen molar-refractivity contribution in [2.24, 2.45) is 0 Å². The van der Waals surface area contributed by atoms with E-state index in [1.807, 2.05) is 7.05 Å². The lowest BCUT2D eigenvalue weighted by Crippen LogP contribution is -2.49. The molecule has 1 saturated carbocycles. The maximum absolute atomic E-state index is 11.9. The lowest BCUT2D eigenvalue weighted by atomic mass is 9.79. The van der Waals surface area contributed by atoms with E-state index in [1.54, 1.807) is 7.05 Å². The van der Waals surface area contributed by atoms with Gasteiger partial charge >= 0.3 is 5.97 Å². The molecule has 17 heavy (non-hydrogen) atoms. The number of carboxylic acids is 1. The Balaban J connectivity index is 2.55. The SMILES string of the molecule is CNC1(CC(=O)N(C)CC(=O)O)CCCCC1. The van der Waals surface area contributed by atoms with Gasteiger partial charge in [0.1, 0.15) is 6.54 Å². The van der Waals surface area contributed by atoms with Crippen LogP contribution in [0.15, 0.2) is 0 Å². The van der Waals surface area contributed by atoms with Gasteiger partial charge in [0, 0.05) is 19.0 Å². The molecule has 0 spiro atoms. The molecule has 1 rings (SSSR count). The average Bonchev–Trinajstić information content (AvgIpc) is 2.29. The third kappa shape index (κ3) is 4.00. The van der Waals surface area contributed by atoms with Gasteiger partial charge in [-0.1, -0.05) is 19.3 Å². The van der Waals surface area contributed by atoms with Crippen molar-refractivity contribution in [2.75, 3.05) is 20.6 Å². The van der Waals surface area contributed by atoms with Gasteiger partial charge in [-0.15, -0.1) is 0 Å². The molecule has 2 N–H and O–H groups in total. The first-order valence-corrected chi connectivity index (χ1v) is 6.14. The van der Waals surface area contributed by atoms with Crippen LogP contribution in [-0.2, 0) is 9.59 Å². The Bertz CT molecular complexity index is 285. The third-order valence-electron chi connectivity index (χ3n) is 3.63. The Kier molecular flexibility index (Phi) is 4.93. The highest BCUT2D eigenvalue weighted by Crippen LogP contribution is 2.31. The first-order valence-electron chi connectivity index (χ1n) is 6.14. The van der Waals surface area contributed by atoms with Crippen LogP contribution in [0, 0.1) is 0 Å². The molecule has 98 valence electrons. The Labute approximate surface area is 102 Å². The van der Waals surface area contributed by atoms with Crippen LogP contribution >= 0.6 is 0 Å². The maximum atomic E-state index is 11.9. The Morgan fingerprint density at radius 2 is 1.88 bits per heavy atom. The number of amides is 1. The summed E-state index contributed by atoms with van der Waals surface area (Å²) in [4.78, 5) is 23.8. The highest BCUT2D eigenvalue weighted by molar-refractivity contribution is 5.81. The van der Waals surface area contributed by atoms with Gasteiger partial charge < -0.3 is 15.3 Å². The molecule has 5 heteroatoms. The summed E-state index contributed by atoms with van der Waals surface area (Å²) in [6.45, 7) is -0.224. The number of hydrogen-bond acceptors (Lipinski definition) is 3. The normalized spacial score (nSPS) is 18.7. The number of aliphatic carboxylic acids is 1. The fourth-order valence-electron chi connectivity index (χ4n) is 2.46. The van der Waals surface area contributed by atoms with Crippen molar-refractivity contribution in [2.45, 2.75) is 44.1 Å². The third-order valence-corrected chi connectivity index (χ3v) is 3.63. The Morgan fingerprint density at radius 1 is 1.29 bits per heavy atom. The zero-order valence-electron chi connectivity index (χ0n) is 10.7. The van der Waals surface area contributed by atoms with E-state index in [2.05, 4.69) is 5.32 Å². The van der Waals surface area contributed by atoms with Gasteiger partial charge in [0.2, 0.25) is 5.91 Å². The van der Waals surface area contributed by atoms with Crippen molar-refractivity contribution in [1.29, 1.82) is 0 Å². The summed E-state index contributed by atoms with van der Waals surface area (Å²) in [7, 11) is 3.43. The van der Waals surface area contributed by atoms with Crippen LogP contribution in [0.5, 0.6) is 0 Å². The molecule has 1 fully saturated rings. The van der Waals surface area contributed by atoms with Crippen LogP contribution in [0.4, 0.5) is 0 Å². The van der Waals surface area contributed by atoms with Crippen LogP contribution < -0.4 is 5.32 Å². The van der Waals surface area contributed by atoms with Crippen molar-refractivity contribution in [1.82, 2.24) is 10.2 Å². The number of carbonyl (C=O) groups is 2. The number of rotatable bonds is 5. The van der Waals surface area contributed by atoms with E-state index in [4.69, 9.17) is 5.11 Å². The molecule has 0 saturated heterocycles. The minimum Gasteiger partial charge on any atom is -0.480 e. The number of likely N-dealkylation sites (N-methyl/N-ethyl adjacent to an activating group) is 1. The number of carboxylic acid groups (broad SMARTS) is 1. The molecule has 0 radical (unpaired) electrons. The maximum Gasteiger partial charge on any atom is 0.323 e. The minimum atomic E-state index is -0.969. The van der Waals surface area contributed by atoms with Crippen LogP contribution in [-0.4, -0.2) is 48.1 Å².